The number of piperidine rings is 2. The summed E-state index contributed by atoms with van der Waals surface area (Å²) in [7, 11) is 0. The Morgan fingerprint density at radius 2 is 1.65 bits per heavy atom. The number of unbranched alkanes of at least 4 members (excludes halogenated alkanes) is 1. The molecule has 1 atom stereocenters. The predicted molar refractivity (Wildman–Crippen MR) is 155 cm³/mol. The van der Waals surface area contributed by atoms with Gasteiger partial charge in [-0.15, -0.1) is 0 Å². The van der Waals surface area contributed by atoms with Crippen LogP contribution in [0.5, 0.6) is 0 Å². The van der Waals surface area contributed by atoms with E-state index in [-0.39, 0.29) is 23.6 Å². The monoisotopic (exact) mass is 613 g/mol. The molecule has 242 valence electrons. The molecular formula is C31H46F3N3O6. The summed E-state index contributed by atoms with van der Waals surface area (Å²) < 4.78 is 43.4. The molecule has 3 aliphatic heterocycles. The van der Waals surface area contributed by atoms with E-state index in [0.29, 0.717) is 25.8 Å². The fraction of sp³-hybridized carbons (Fsp3) is 0.710. The van der Waals surface area contributed by atoms with Crippen LogP contribution in [0.25, 0.3) is 0 Å². The quantitative estimate of drug-likeness (QED) is 0.371. The topological polar surface area (TPSA) is 99.6 Å². The molecule has 0 saturated carbocycles. The van der Waals surface area contributed by atoms with Crippen LogP contribution in [0.4, 0.5) is 18.0 Å². The Balaban J connectivity index is 0.000000646. The van der Waals surface area contributed by atoms with Crippen LogP contribution in [0.3, 0.4) is 0 Å². The van der Waals surface area contributed by atoms with Crippen molar-refractivity contribution in [3.05, 3.63) is 34.9 Å². The molecule has 2 amide bonds. The Labute approximate surface area is 252 Å². The van der Waals surface area contributed by atoms with E-state index in [2.05, 4.69) is 11.8 Å². The fourth-order valence-electron chi connectivity index (χ4n) is 6.53. The Morgan fingerprint density at radius 1 is 1.07 bits per heavy atom. The van der Waals surface area contributed by atoms with Gasteiger partial charge >= 0.3 is 18.2 Å². The number of hydrogen-bond donors (Lipinski definition) is 1. The van der Waals surface area contributed by atoms with Crippen molar-refractivity contribution < 1.29 is 42.1 Å². The second kappa shape index (κ2) is 15.2. The molecule has 0 aromatic heterocycles. The molecule has 9 nitrogen and oxygen atoms in total. The van der Waals surface area contributed by atoms with E-state index in [1.54, 1.807) is 0 Å². The highest BCUT2D eigenvalue weighted by molar-refractivity contribution is 5.97. The number of benzene rings is 1. The Bertz CT molecular complexity index is 1080. The van der Waals surface area contributed by atoms with E-state index < -0.39 is 12.1 Å². The third-order valence-corrected chi connectivity index (χ3v) is 8.87. The number of ether oxygens (including phenoxy) is 2. The molecule has 0 radical (unpaired) electrons. The zero-order chi connectivity index (χ0) is 31.8. The Morgan fingerprint density at radius 3 is 2.16 bits per heavy atom. The van der Waals surface area contributed by atoms with Crippen molar-refractivity contribution in [3.8, 4) is 0 Å². The number of carboxylic acids is 1. The summed E-state index contributed by atoms with van der Waals surface area (Å²) in [6.07, 6.45) is 1.75. The van der Waals surface area contributed by atoms with Gasteiger partial charge in [0.2, 0.25) is 0 Å². The molecule has 12 heteroatoms. The first-order valence-electron chi connectivity index (χ1n) is 15.3. The minimum absolute atomic E-state index is 0.143. The second-order valence-electron chi connectivity index (χ2n) is 11.6. The van der Waals surface area contributed by atoms with Crippen LogP contribution in [0.2, 0.25) is 0 Å². The zero-order valence-electron chi connectivity index (χ0n) is 25.8. The van der Waals surface area contributed by atoms with E-state index in [4.69, 9.17) is 19.4 Å². The molecular weight excluding hydrogens is 567 g/mol. The fourth-order valence-corrected chi connectivity index (χ4v) is 6.53. The van der Waals surface area contributed by atoms with E-state index in [0.717, 1.165) is 87.8 Å². The number of alkyl halides is 3. The van der Waals surface area contributed by atoms with Gasteiger partial charge < -0.3 is 19.5 Å². The number of hydrogen-bond acceptors (Lipinski definition) is 6. The highest BCUT2D eigenvalue weighted by atomic mass is 19.4. The largest absolute Gasteiger partial charge is 0.490 e. The number of aryl methyl sites for hydroxylation is 2. The Kier molecular flexibility index (Phi) is 12.3. The summed E-state index contributed by atoms with van der Waals surface area (Å²) in [5, 5.41) is 7.12. The van der Waals surface area contributed by atoms with E-state index >= 15 is 0 Å². The van der Waals surface area contributed by atoms with Crippen LogP contribution in [-0.4, -0.2) is 108 Å². The number of nitrogens with zero attached hydrogens (tertiary/aromatic N) is 3. The minimum Gasteiger partial charge on any atom is -0.475 e. The van der Waals surface area contributed by atoms with Crippen LogP contribution in [0.15, 0.2) is 18.2 Å². The molecule has 4 rings (SSSR count). The second-order valence-corrected chi connectivity index (χ2v) is 11.6. The van der Waals surface area contributed by atoms with Gasteiger partial charge in [0.25, 0.3) is 5.91 Å². The van der Waals surface area contributed by atoms with Crippen molar-refractivity contribution in [2.45, 2.75) is 96.5 Å². The lowest BCUT2D eigenvalue weighted by molar-refractivity contribution is -0.192. The molecule has 1 aromatic rings. The van der Waals surface area contributed by atoms with Crippen molar-refractivity contribution in [1.82, 2.24) is 14.7 Å². The lowest BCUT2D eigenvalue weighted by Gasteiger charge is -2.46. The van der Waals surface area contributed by atoms with Gasteiger partial charge in [-0.3, -0.25) is 14.6 Å². The number of amides is 2. The SMILES string of the molecule is CCCCC1N(CCOCC)C(=O)OC12CCN(C1CCN(C(=O)c3c(C)cccc3C)CC1)CC2.O=C(O)C(F)(F)F. The smallest absolute Gasteiger partial charge is 0.475 e. The molecule has 1 N–H and O–H groups in total. The van der Waals surface area contributed by atoms with Crippen LogP contribution < -0.4 is 0 Å². The van der Waals surface area contributed by atoms with Gasteiger partial charge in [-0.1, -0.05) is 38.0 Å². The summed E-state index contributed by atoms with van der Waals surface area (Å²) in [6.45, 7) is 13.6. The molecule has 43 heavy (non-hydrogen) atoms. The van der Waals surface area contributed by atoms with Crippen molar-refractivity contribution in [2.75, 3.05) is 45.9 Å². The molecule has 0 bridgehead atoms. The first-order valence-corrected chi connectivity index (χ1v) is 15.3. The summed E-state index contributed by atoms with van der Waals surface area (Å²) in [5.74, 6) is -2.59. The molecule has 1 aromatic carbocycles. The van der Waals surface area contributed by atoms with Crippen molar-refractivity contribution in [1.29, 1.82) is 0 Å². The van der Waals surface area contributed by atoms with E-state index in [9.17, 15) is 22.8 Å². The maximum Gasteiger partial charge on any atom is 0.490 e. The average Bonchev–Trinajstić information content (AvgIpc) is 3.21. The highest BCUT2D eigenvalue weighted by Crippen LogP contribution is 2.41. The lowest BCUT2D eigenvalue weighted by Crippen LogP contribution is -2.56. The van der Waals surface area contributed by atoms with Crippen molar-refractivity contribution in [3.63, 3.8) is 0 Å². The maximum absolute atomic E-state index is 13.2. The normalized spacial score (nSPS) is 21.0. The van der Waals surface area contributed by atoms with Gasteiger partial charge in [0.1, 0.15) is 5.60 Å². The van der Waals surface area contributed by atoms with Crippen LogP contribution >= 0.6 is 0 Å². The van der Waals surface area contributed by atoms with Gasteiger partial charge in [0.15, 0.2) is 0 Å². The van der Waals surface area contributed by atoms with E-state index in [1.807, 2.05) is 48.8 Å². The average molecular weight is 614 g/mol. The molecule has 1 unspecified atom stereocenters. The van der Waals surface area contributed by atoms with Gasteiger partial charge in [0.05, 0.1) is 12.6 Å². The minimum atomic E-state index is -5.08. The lowest BCUT2D eigenvalue weighted by atomic mass is 9.81. The maximum atomic E-state index is 13.2. The summed E-state index contributed by atoms with van der Waals surface area (Å²) >= 11 is 0. The molecule has 3 fully saturated rings. The molecule has 3 heterocycles. The third kappa shape index (κ3) is 8.62. The number of rotatable bonds is 9. The molecule has 3 saturated heterocycles. The van der Waals surface area contributed by atoms with Gasteiger partial charge in [-0.2, -0.15) is 13.2 Å². The van der Waals surface area contributed by atoms with Gasteiger partial charge in [-0.25, -0.2) is 9.59 Å². The third-order valence-electron chi connectivity index (χ3n) is 8.87. The first-order chi connectivity index (χ1) is 20.3. The molecule has 3 aliphatic rings. The number of carbonyl (C=O) groups excluding carboxylic acids is 2. The van der Waals surface area contributed by atoms with Crippen molar-refractivity contribution >= 4 is 18.0 Å². The molecule has 1 spiro atoms. The zero-order valence-corrected chi connectivity index (χ0v) is 25.8. The predicted octanol–water partition coefficient (Wildman–Crippen LogP) is 5.42. The van der Waals surface area contributed by atoms with Crippen molar-refractivity contribution in [2.24, 2.45) is 0 Å². The number of likely N-dealkylation sites (tertiary alicyclic amines) is 2. The summed E-state index contributed by atoms with van der Waals surface area (Å²) in [4.78, 5) is 41.5. The molecule has 0 aliphatic carbocycles. The number of carboxylic acid groups (broad SMARTS) is 1. The Hall–Kier alpha value is -2.86. The van der Waals surface area contributed by atoms with Gasteiger partial charge in [0, 0.05) is 63.8 Å². The van der Waals surface area contributed by atoms with Gasteiger partial charge in [-0.05, 0) is 51.2 Å². The summed E-state index contributed by atoms with van der Waals surface area (Å²) in [5.41, 5.74) is 2.62. The van der Waals surface area contributed by atoms with Crippen LogP contribution in [0, 0.1) is 13.8 Å². The summed E-state index contributed by atoms with van der Waals surface area (Å²) in [6, 6.07) is 6.70. The number of aliphatic carboxylic acids is 1. The standard InChI is InChI=1S/C29H45N3O4.C2HF3O2/c1-5-7-11-25-29(36-28(34)32(25)20-21-35-6-2)14-18-30(19-15-29)24-12-16-31(17-13-24)27(33)26-22(3)9-8-10-23(26)4;3-2(4,5)1(6)7/h8-10,24-25H,5-7,11-21H2,1-4H3;(H,6,7). The highest BCUT2D eigenvalue weighted by Gasteiger charge is 2.54. The van der Waals surface area contributed by atoms with E-state index in [1.165, 1.54) is 0 Å². The van der Waals surface area contributed by atoms with Crippen LogP contribution in [0.1, 0.15) is 80.3 Å². The number of halogens is 3. The van der Waals surface area contributed by atoms with Crippen LogP contribution in [-0.2, 0) is 14.3 Å². The first kappa shape index (κ1) is 34.6. The number of carbonyl (C=O) groups is 3.